The molecular weight excluding hydrogens is 679 g/mol. The van der Waals surface area contributed by atoms with Crippen molar-refractivity contribution in [3.63, 3.8) is 0 Å². The van der Waals surface area contributed by atoms with Gasteiger partial charge in [0, 0.05) is 50.7 Å². The van der Waals surface area contributed by atoms with Gasteiger partial charge in [-0.1, -0.05) is 120 Å². The van der Waals surface area contributed by atoms with Crippen molar-refractivity contribution < 1.29 is 0 Å². The number of hydrogen-bond donors (Lipinski definition) is 0. The van der Waals surface area contributed by atoms with Gasteiger partial charge in [-0.3, -0.25) is 0 Å². The molecule has 10 aromatic rings. The molecule has 3 heterocycles. The van der Waals surface area contributed by atoms with Crippen molar-refractivity contribution in [2.75, 3.05) is 4.90 Å². The minimum atomic E-state index is -0.536. The van der Waals surface area contributed by atoms with Crippen molar-refractivity contribution in [2.45, 2.75) is 32.7 Å². The van der Waals surface area contributed by atoms with E-state index in [-0.39, 0.29) is 0 Å². The van der Waals surface area contributed by atoms with Gasteiger partial charge in [0.2, 0.25) is 0 Å². The summed E-state index contributed by atoms with van der Waals surface area (Å²) in [5.41, 5.74) is 19.7. The average Bonchev–Trinajstić information content (AvgIpc) is 3.86. The summed E-state index contributed by atoms with van der Waals surface area (Å²) in [6.07, 6.45) is 0. The molecule has 2 aromatic heterocycles. The third kappa shape index (κ3) is 3.92. The Morgan fingerprint density at radius 2 is 1.05 bits per heavy atom. The summed E-state index contributed by atoms with van der Waals surface area (Å²) in [6, 6.07) is 64.1. The highest BCUT2D eigenvalue weighted by Crippen LogP contribution is 2.62. The van der Waals surface area contributed by atoms with Crippen molar-refractivity contribution >= 4 is 60.7 Å². The first-order chi connectivity index (χ1) is 27.6. The number of anilines is 3. The molecule has 3 nitrogen and oxygen atoms in total. The third-order valence-electron chi connectivity index (χ3n) is 12.8. The average molecular weight is 718 g/mol. The highest BCUT2D eigenvalue weighted by Gasteiger charge is 2.51. The van der Waals surface area contributed by atoms with E-state index in [0.717, 1.165) is 23.6 Å². The second kappa shape index (κ2) is 11.3. The maximum atomic E-state index is 2.57. The van der Waals surface area contributed by atoms with Gasteiger partial charge in [0.05, 0.1) is 27.7 Å². The van der Waals surface area contributed by atoms with E-state index in [1.807, 2.05) is 0 Å². The summed E-state index contributed by atoms with van der Waals surface area (Å²) in [5.74, 6) is 0. The predicted molar refractivity (Wildman–Crippen MR) is 234 cm³/mol. The molecule has 0 saturated carbocycles. The third-order valence-corrected chi connectivity index (χ3v) is 12.8. The van der Waals surface area contributed by atoms with Crippen molar-refractivity contribution in [2.24, 2.45) is 0 Å². The van der Waals surface area contributed by atoms with Crippen molar-refractivity contribution in [1.82, 2.24) is 9.13 Å². The van der Waals surface area contributed by atoms with Crippen LogP contribution >= 0.6 is 0 Å². The molecule has 1 aliphatic carbocycles. The van der Waals surface area contributed by atoms with E-state index >= 15 is 0 Å². The van der Waals surface area contributed by atoms with Crippen LogP contribution in [-0.4, -0.2) is 9.13 Å². The van der Waals surface area contributed by atoms with E-state index in [2.05, 4.69) is 205 Å². The van der Waals surface area contributed by atoms with E-state index in [9.17, 15) is 0 Å². The van der Waals surface area contributed by atoms with E-state index in [1.165, 1.54) is 93.8 Å². The van der Waals surface area contributed by atoms with Crippen LogP contribution in [-0.2, 0) is 12.0 Å². The molecule has 1 atom stereocenters. The Hall–Kier alpha value is -6.84. The number of benzene rings is 8. The lowest BCUT2D eigenvalue weighted by atomic mass is 9.65. The summed E-state index contributed by atoms with van der Waals surface area (Å²) >= 11 is 0. The van der Waals surface area contributed by atoms with E-state index in [0.29, 0.717) is 0 Å². The van der Waals surface area contributed by atoms with Crippen LogP contribution in [0.25, 0.3) is 60.4 Å². The highest BCUT2D eigenvalue weighted by molar-refractivity contribution is 6.27. The molecule has 2 aliphatic rings. The highest BCUT2D eigenvalue weighted by atomic mass is 15.1. The normalized spacial score (nSPS) is 15.2. The maximum absolute atomic E-state index is 2.57. The smallest absolute Gasteiger partial charge is 0.0754 e. The Balaban J connectivity index is 1.24. The Kier molecular flexibility index (Phi) is 6.38. The summed E-state index contributed by atoms with van der Waals surface area (Å²) < 4.78 is 5.12. The first kappa shape index (κ1) is 31.5. The van der Waals surface area contributed by atoms with Gasteiger partial charge in [-0.05, 0) is 115 Å². The van der Waals surface area contributed by atoms with Crippen LogP contribution in [0.4, 0.5) is 17.1 Å². The zero-order chi connectivity index (χ0) is 37.3. The van der Waals surface area contributed by atoms with Crippen molar-refractivity contribution in [1.29, 1.82) is 0 Å². The number of fused-ring (bicyclic) bond motifs is 16. The van der Waals surface area contributed by atoms with E-state index < -0.39 is 5.41 Å². The van der Waals surface area contributed by atoms with Crippen LogP contribution in [0.3, 0.4) is 0 Å². The number of aromatic nitrogens is 2. The number of para-hydroxylation sites is 3. The SMILES string of the molecule is CCn1c2ccccc2c2cc3c4c(c5ccccc5n4-c4ccccc4C34c3ccccc3-c3cc(N(c5ccc(C)cc5)c5ccc(C)cc5)ccc34)c21. The lowest BCUT2D eigenvalue weighted by Crippen LogP contribution is -2.33. The Bertz CT molecular complexity index is 3200. The van der Waals surface area contributed by atoms with Crippen LogP contribution in [0.15, 0.2) is 170 Å². The number of rotatable bonds is 4. The summed E-state index contributed by atoms with van der Waals surface area (Å²) in [6.45, 7) is 7.49. The molecule has 0 saturated heterocycles. The molecule has 3 heteroatoms. The molecular formula is C53H39N3. The maximum Gasteiger partial charge on any atom is 0.0754 e. The first-order valence-electron chi connectivity index (χ1n) is 19.8. The standard InChI is InChI=1S/C53H39N3/c1-4-54-47-18-10-6-14-39(47)42-32-46-52-50(51(42)54)40-15-7-11-19-48(40)56(52)49-20-12-9-17-45(49)53(46)43-16-8-5-13-38(43)41-31-37(29-30-44(41)53)55(35-25-21-33(2)22-26-35)36-27-23-34(3)24-28-36/h5-32H,4H2,1-3H3. The molecule has 0 N–H and O–H groups in total. The lowest BCUT2D eigenvalue weighted by molar-refractivity contribution is 0.749. The summed E-state index contributed by atoms with van der Waals surface area (Å²) in [4.78, 5) is 2.41. The van der Waals surface area contributed by atoms with Gasteiger partial charge >= 0.3 is 0 Å². The van der Waals surface area contributed by atoms with Gasteiger partial charge in [-0.2, -0.15) is 0 Å². The topological polar surface area (TPSA) is 13.1 Å². The predicted octanol–water partition coefficient (Wildman–Crippen LogP) is 13.7. The second-order valence-electron chi connectivity index (χ2n) is 15.7. The van der Waals surface area contributed by atoms with Crippen LogP contribution in [0.5, 0.6) is 0 Å². The molecule has 8 aromatic carbocycles. The molecule has 56 heavy (non-hydrogen) atoms. The zero-order valence-corrected chi connectivity index (χ0v) is 31.7. The quantitative estimate of drug-likeness (QED) is 0.177. The molecule has 0 radical (unpaired) electrons. The fraction of sp³-hybridized carbons (Fsp3) is 0.0943. The van der Waals surface area contributed by atoms with Gasteiger partial charge in [0.25, 0.3) is 0 Å². The molecule has 1 spiro atoms. The summed E-state index contributed by atoms with van der Waals surface area (Å²) in [5, 5.41) is 5.26. The van der Waals surface area contributed by atoms with E-state index in [1.54, 1.807) is 0 Å². The lowest BCUT2D eigenvalue weighted by Gasteiger charge is -2.40. The van der Waals surface area contributed by atoms with Crippen LogP contribution in [0, 0.1) is 13.8 Å². The molecule has 0 amide bonds. The largest absolute Gasteiger partial charge is 0.340 e. The Morgan fingerprint density at radius 3 is 1.79 bits per heavy atom. The summed E-state index contributed by atoms with van der Waals surface area (Å²) in [7, 11) is 0. The van der Waals surface area contributed by atoms with Gasteiger partial charge in [0.1, 0.15) is 0 Å². The molecule has 1 aliphatic heterocycles. The minimum absolute atomic E-state index is 0.536. The van der Waals surface area contributed by atoms with Gasteiger partial charge in [0.15, 0.2) is 0 Å². The molecule has 12 rings (SSSR count). The van der Waals surface area contributed by atoms with E-state index in [4.69, 9.17) is 0 Å². The Morgan fingerprint density at radius 1 is 0.464 bits per heavy atom. The number of aryl methyl sites for hydroxylation is 3. The first-order valence-corrected chi connectivity index (χ1v) is 19.8. The molecule has 0 fully saturated rings. The number of nitrogens with zero attached hydrogens (tertiary/aromatic N) is 3. The monoisotopic (exact) mass is 717 g/mol. The van der Waals surface area contributed by atoms with Crippen LogP contribution < -0.4 is 4.90 Å². The fourth-order valence-corrected chi connectivity index (χ4v) is 10.5. The van der Waals surface area contributed by atoms with Crippen molar-refractivity contribution in [3.8, 4) is 16.8 Å². The molecule has 1 unspecified atom stereocenters. The van der Waals surface area contributed by atoms with Crippen LogP contribution in [0.1, 0.15) is 40.3 Å². The van der Waals surface area contributed by atoms with Crippen LogP contribution in [0.2, 0.25) is 0 Å². The number of hydrogen-bond acceptors (Lipinski definition) is 1. The van der Waals surface area contributed by atoms with Gasteiger partial charge in [-0.25, -0.2) is 0 Å². The zero-order valence-electron chi connectivity index (χ0n) is 31.7. The fourth-order valence-electron chi connectivity index (χ4n) is 10.5. The van der Waals surface area contributed by atoms with Crippen molar-refractivity contribution in [3.05, 3.63) is 203 Å². The van der Waals surface area contributed by atoms with Gasteiger partial charge < -0.3 is 14.0 Å². The Labute approximate surface area is 326 Å². The minimum Gasteiger partial charge on any atom is -0.340 e. The van der Waals surface area contributed by atoms with Gasteiger partial charge in [-0.15, -0.1) is 0 Å². The molecule has 266 valence electrons. The second-order valence-corrected chi connectivity index (χ2v) is 15.7. The molecule has 0 bridgehead atoms.